The quantitative estimate of drug-likeness (QED) is 0.513. The number of carbonyl (C=O) groups excluding carboxylic acids is 3. The Morgan fingerprint density at radius 1 is 1.03 bits per heavy atom. The van der Waals surface area contributed by atoms with E-state index >= 15 is 0 Å². The molecule has 3 rings (SSSR count). The van der Waals surface area contributed by atoms with E-state index in [1.54, 1.807) is 24.3 Å². The summed E-state index contributed by atoms with van der Waals surface area (Å²) in [7, 11) is 0. The molecule has 3 amide bonds. The number of nitrogen functional groups attached to an aromatic ring is 1. The van der Waals surface area contributed by atoms with E-state index < -0.39 is 23.4 Å². The van der Waals surface area contributed by atoms with Crippen LogP contribution in [0.5, 0.6) is 0 Å². The van der Waals surface area contributed by atoms with Crippen molar-refractivity contribution in [2.75, 3.05) is 10.6 Å². The summed E-state index contributed by atoms with van der Waals surface area (Å²) in [6, 6.07) is 15.2. The molecule has 0 fully saturated rings. The first-order valence-corrected chi connectivity index (χ1v) is 11.1. The van der Waals surface area contributed by atoms with E-state index in [0.717, 1.165) is 17.1 Å². The Kier molecular flexibility index (Phi) is 6.83. The van der Waals surface area contributed by atoms with Crippen molar-refractivity contribution in [3.63, 3.8) is 0 Å². The maximum Gasteiger partial charge on any atom is 0.273 e. The average molecular weight is 466 g/mol. The van der Waals surface area contributed by atoms with Gasteiger partial charge in [0, 0.05) is 11.2 Å². The van der Waals surface area contributed by atoms with Gasteiger partial charge < -0.3 is 16.8 Å². The highest BCUT2D eigenvalue weighted by Crippen LogP contribution is 2.33. The minimum Gasteiger partial charge on any atom is -0.395 e. The summed E-state index contributed by atoms with van der Waals surface area (Å²) >= 11 is 0.777. The highest BCUT2D eigenvalue weighted by molar-refractivity contribution is 7.09. The fourth-order valence-electron chi connectivity index (χ4n) is 3.32. The van der Waals surface area contributed by atoms with E-state index in [9.17, 15) is 14.4 Å². The third-order valence-electron chi connectivity index (χ3n) is 4.81. The summed E-state index contributed by atoms with van der Waals surface area (Å²) in [4.78, 5) is 40.5. The molecule has 5 N–H and O–H groups in total. The van der Waals surface area contributed by atoms with Crippen molar-refractivity contribution in [2.24, 2.45) is 5.73 Å². The van der Waals surface area contributed by atoms with Gasteiger partial charge in [-0.2, -0.15) is 4.37 Å². The number of benzene rings is 2. The van der Waals surface area contributed by atoms with Gasteiger partial charge in [0.15, 0.2) is 5.69 Å². The molecule has 0 bridgehead atoms. The zero-order valence-electron chi connectivity index (χ0n) is 19.0. The van der Waals surface area contributed by atoms with E-state index in [4.69, 9.17) is 11.5 Å². The molecule has 8 nitrogen and oxygen atoms in total. The van der Waals surface area contributed by atoms with Gasteiger partial charge in [0.1, 0.15) is 10.9 Å². The molecule has 9 heteroatoms. The number of primary amides is 1. The molecular weight excluding hydrogens is 438 g/mol. The van der Waals surface area contributed by atoms with Gasteiger partial charge in [-0.1, -0.05) is 48.0 Å². The first-order valence-electron chi connectivity index (χ1n) is 10.3. The van der Waals surface area contributed by atoms with Crippen LogP contribution in [0.2, 0.25) is 0 Å². The van der Waals surface area contributed by atoms with Gasteiger partial charge in [-0.3, -0.25) is 19.3 Å². The molecule has 0 aliphatic carbocycles. The normalized spacial score (nSPS) is 12.1. The molecule has 0 aliphatic heterocycles. The first-order chi connectivity index (χ1) is 15.5. The maximum absolute atomic E-state index is 13.8. The Balaban J connectivity index is 2.20. The topological polar surface area (TPSA) is 131 Å². The molecule has 2 aromatic carbocycles. The van der Waals surface area contributed by atoms with E-state index in [1.165, 1.54) is 4.90 Å². The second-order valence-electron chi connectivity index (χ2n) is 8.70. The number of nitrogens with two attached hydrogens (primary N) is 2. The summed E-state index contributed by atoms with van der Waals surface area (Å²) in [6.07, 6.45) is 0. The van der Waals surface area contributed by atoms with Gasteiger partial charge in [-0.05, 0) is 56.9 Å². The molecule has 0 unspecified atom stereocenters. The average Bonchev–Trinajstić information content (AvgIpc) is 3.13. The van der Waals surface area contributed by atoms with Crippen molar-refractivity contribution < 1.29 is 14.4 Å². The van der Waals surface area contributed by atoms with Crippen LogP contribution in [-0.4, -0.2) is 27.6 Å². The van der Waals surface area contributed by atoms with Crippen LogP contribution in [-0.2, 0) is 4.79 Å². The molecule has 3 aromatic rings. The Morgan fingerprint density at radius 2 is 1.64 bits per heavy atom. The van der Waals surface area contributed by atoms with Crippen molar-refractivity contribution in [3.8, 4) is 0 Å². The minimum atomic E-state index is -1.00. The molecule has 0 saturated carbocycles. The molecule has 1 heterocycles. The van der Waals surface area contributed by atoms with Crippen molar-refractivity contribution in [3.05, 3.63) is 76.3 Å². The zero-order valence-corrected chi connectivity index (χ0v) is 19.8. The number of para-hydroxylation sites is 1. The summed E-state index contributed by atoms with van der Waals surface area (Å²) in [5, 5.41) is 2.98. The van der Waals surface area contributed by atoms with Gasteiger partial charge >= 0.3 is 0 Å². The second-order valence-corrected chi connectivity index (χ2v) is 9.47. The Labute approximate surface area is 196 Å². The molecule has 172 valence electrons. The number of hydrogen-bond acceptors (Lipinski definition) is 6. The highest BCUT2D eigenvalue weighted by Gasteiger charge is 2.37. The number of rotatable bonds is 6. The first kappa shape index (κ1) is 23.9. The van der Waals surface area contributed by atoms with Gasteiger partial charge in [0.25, 0.3) is 11.8 Å². The monoisotopic (exact) mass is 465 g/mol. The summed E-state index contributed by atoms with van der Waals surface area (Å²) in [5.41, 5.74) is 12.7. The SMILES string of the molecule is Cc1ccc([C@@H](C(=O)NC(C)(C)C)N(C(=O)c2snc(C(N)=O)c2N)c2ccccc2)cc1. The number of hydrogen-bond donors (Lipinski definition) is 3. The van der Waals surface area contributed by atoms with Crippen molar-refractivity contribution >= 4 is 40.6 Å². The van der Waals surface area contributed by atoms with Crippen LogP contribution in [0.25, 0.3) is 0 Å². The largest absolute Gasteiger partial charge is 0.395 e. The maximum atomic E-state index is 13.8. The van der Waals surface area contributed by atoms with E-state index in [1.807, 2.05) is 58.0 Å². The lowest BCUT2D eigenvalue weighted by atomic mass is 9.99. The molecule has 0 saturated heterocycles. The third kappa shape index (κ3) is 5.38. The van der Waals surface area contributed by atoms with E-state index in [-0.39, 0.29) is 22.2 Å². The number of nitrogens with one attached hydrogen (secondary N) is 1. The predicted molar refractivity (Wildman–Crippen MR) is 130 cm³/mol. The van der Waals surface area contributed by atoms with Crippen LogP contribution in [0.1, 0.15) is 58.1 Å². The van der Waals surface area contributed by atoms with Crippen molar-refractivity contribution in [2.45, 2.75) is 39.3 Å². The van der Waals surface area contributed by atoms with E-state index in [0.29, 0.717) is 11.3 Å². The van der Waals surface area contributed by atoms with Crippen LogP contribution in [0.15, 0.2) is 54.6 Å². The molecule has 0 aliphatic rings. The molecule has 1 aromatic heterocycles. The smallest absolute Gasteiger partial charge is 0.273 e. The standard InChI is InChI=1S/C24H27N5O3S/c1-14-10-12-15(13-11-14)19(22(31)27-24(2,3)4)29(16-8-6-5-7-9-16)23(32)20-17(25)18(21(26)30)28-33-20/h5-13,19H,25H2,1-4H3,(H2,26,30)(H,27,31)/t19-/m0/s1. The lowest BCUT2D eigenvalue weighted by Gasteiger charge is -2.33. The number of anilines is 2. The fourth-order valence-corrected chi connectivity index (χ4v) is 4.06. The van der Waals surface area contributed by atoms with Crippen molar-refractivity contribution in [1.29, 1.82) is 0 Å². The predicted octanol–water partition coefficient (Wildman–Crippen LogP) is 3.44. The van der Waals surface area contributed by atoms with Gasteiger partial charge in [-0.25, -0.2) is 0 Å². The van der Waals surface area contributed by atoms with E-state index in [2.05, 4.69) is 9.69 Å². The Hall–Kier alpha value is -3.72. The lowest BCUT2D eigenvalue weighted by molar-refractivity contribution is -0.123. The fraction of sp³-hybridized carbons (Fsp3) is 0.250. The van der Waals surface area contributed by atoms with Crippen LogP contribution in [0.4, 0.5) is 11.4 Å². The molecule has 0 spiro atoms. The van der Waals surface area contributed by atoms with Crippen LogP contribution >= 0.6 is 11.5 Å². The van der Waals surface area contributed by atoms with Crippen LogP contribution in [0.3, 0.4) is 0 Å². The second kappa shape index (κ2) is 9.41. The number of nitrogens with zero attached hydrogens (tertiary/aromatic N) is 2. The van der Waals surface area contributed by atoms with Crippen LogP contribution < -0.4 is 21.7 Å². The summed E-state index contributed by atoms with van der Waals surface area (Å²) < 4.78 is 3.95. The number of aromatic nitrogens is 1. The molecule has 0 radical (unpaired) electrons. The Bertz CT molecular complexity index is 1170. The molecule has 1 atom stereocenters. The lowest BCUT2D eigenvalue weighted by Crippen LogP contribution is -2.49. The van der Waals surface area contributed by atoms with Gasteiger partial charge in [0.05, 0.1) is 5.69 Å². The summed E-state index contributed by atoms with van der Waals surface area (Å²) in [6.45, 7) is 7.54. The van der Waals surface area contributed by atoms with Crippen LogP contribution in [0, 0.1) is 6.92 Å². The highest BCUT2D eigenvalue weighted by atomic mass is 32.1. The minimum absolute atomic E-state index is 0.0355. The van der Waals surface area contributed by atoms with Gasteiger partial charge in [-0.15, -0.1) is 0 Å². The van der Waals surface area contributed by atoms with Gasteiger partial charge in [0.2, 0.25) is 5.91 Å². The number of aryl methyl sites for hydroxylation is 1. The number of amides is 3. The van der Waals surface area contributed by atoms with Crippen molar-refractivity contribution in [1.82, 2.24) is 9.69 Å². The molecular formula is C24H27N5O3S. The third-order valence-corrected chi connectivity index (χ3v) is 5.66. The zero-order chi connectivity index (χ0) is 24.3. The number of carbonyl (C=O) groups is 3. The Morgan fingerprint density at radius 3 is 2.15 bits per heavy atom. The molecule has 33 heavy (non-hydrogen) atoms. The summed E-state index contributed by atoms with van der Waals surface area (Å²) in [5.74, 6) is -1.74.